The summed E-state index contributed by atoms with van der Waals surface area (Å²) in [5.74, 6) is -3.10. The third-order valence-electron chi connectivity index (χ3n) is 7.05. The SMILES string of the molecule is CC(C)Oc1ccc(CNC(=O)N(Cc2ccc(F)cc2)C2CCN(CCCC3OCCO3)CC2)cc1.O=C(O)C(=O)O. The molecule has 0 unspecified atom stereocenters. The second-order valence-electron chi connectivity index (χ2n) is 10.7. The summed E-state index contributed by atoms with van der Waals surface area (Å²) in [5, 5.41) is 17.9. The third kappa shape index (κ3) is 12.2. The van der Waals surface area contributed by atoms with Gasteiger partial charge in [-0.15, -0.1) is 0 Å². The van der Waals surface area contributed by atoms with Crippen LogP contribution in [-0.4, -0.2) is 89.3 Å². The highest BCUT2D eigenvalue weighted by atomic mass is 19.1. The monoisotopic (exact) mass is 603 g/mol. The lowest BCUT2D eigenvalue weighted by Gasteiger charge is -2.38. The summed E-state index contributed by atoms with van der Waals surface area (Å²) in [6.45, 7) is 9.17. The van der Waals surface area contributed by atoms with Gasteiger partial charge in [0.2, 0.25) is 0 Å². The van der Waals surface area contributed by atoms with Crippen molar-refractivity contribution >= 4 is 18.0 Å². The zero-order valence-corrected chi connectivity index (χ0v) is 24.7. The van der Waals surface area contributed by atoms with E-state index in [1.54, 1.807) is 12.1 Å². The Hall–Kier alpha value is -3.74. The molecule has 2 heterocycles. The summed E-state index contributed by atoms with van der Waals surface area (Å²) in [5.41, 5.74) is 1.93. The van der Waals surface area contributed by atoms with Crippen molar-refractivity contribution in [2.75, 3.05) is 32.8 Å². The zero-order valence-electron chi connectivity index (χ0n) is 24.7. The molecule has 2 amide bonds. The Balaban J connectivity index is 0.000000765. The number of nitrogens with one attached hydrogen (secondary N) is 1. The van der Waals surface area contributed by atoms with E-state index >= 15 is 0 Å². The molecule has 0 aliphatic carbocycles. The number of rotatable bonds is 11. The molecule has 0 radical (unpaired) electrons. The molecule has 2 aromatic carbocycles. The number of benzene rings is 2. The highest BCUT2D eigenvalue weighted by Crippen LogP contribution is 2.21. The van der Waals surface area contributed by atoms with E-state index in [2.05, 4.69) is 10.2 Å². The van der Waals surface area contributed by atoms with E-state index in [4.69, 9.17) is 34.0 Å². The van der Waals surface area contributed by atoms with Crippen molar-refractivity contribution in [1.82, 2.24) is 15.1 Å². The van der Waals surface area contributed by atoms with E-state index in [1.807, 2.05) is 43.0 Å². The topological polar surface area (TPSA) is 138 Å². The van der Waals surface area contributed by atoms with Crippen molar-refractivity contribution in [3.05, 3.63) is 65.5 Å². The number of carbonyl (C=O) groups is 3. The largest absolute Gasteiger partial charge is 0.491 e. The Bertz CT molecular complexity index is 1140. The van der Waals surface area contributed by atoms with Gasteiger partial charge >= 0.3 is 18.0 Å². The molecule has 43 heavy (non-hydrogen) atoms. The minimum Gasteiger partial charge on any atom is -0.491 e. The second-order valence-corrected chi connectivity index (χ2v) is 10.7. The smallest absolute Gasteiger partial charge is 0.414 e. The number of carboxylic acids is 2. The van der Waals surface area contributed by atoms with Gasteiger partial charge in [0.05, 0.1) is 19.3 Å². The molecule has 0 aromatic heterocycles. The van der Waals surface area contributed by atoms with Crippen molar-refractivity contribution < 1.29 is 43.2 Å². The van der Waals surface area contributed by atoms with E-state index in [0.717, 1.165) is 62.2 Å². The molecule has 0 spiro atoms. The molecule has 11 nitrogen and oxygen atoms in total. The normalized spacial score (nSPS) is 15.9. The van der Waals surface area contributed by atoms with Crippen LogP contribution in [0.15, 0.2) is 48.5 Å². The molecule has 0 atom stereocenters. The molecule has 236 valence electrons. The van der Waals surface area contributed by atoms with Crippen molar-refractivity contribution in [3.8, 4) is 5.75 Å². The Morgan fingerprint density at radius 1 is 0.977 bits per heavy atom. The Labute approximate surface area is 251 Å². The lowest BCUT2D eigenvalue weighted by molar-refractivity contribution is -0.159. The van der Waals surface area contributed by atoms with Gasteiger partial charge in [-0.1, -0.05) is 24.3 Å². The first-order valence-corrected chi connectivity index (χ1v) is 14.6. The number of urea groups is 1. The van der Waals surface area contributed by atoms with Gasteiger partial charge in [0.15, 0.2) is 6.29 Å². The van der Waals surface area contributed by atoms with Crippen LogP contribution >= 0.6 is 0 Å². The first kappa shape index (κ1) is 33.8. The number of nitrogens with zero attached hydrogens (tertiary/aromatic N) is 2. The first-order valence-electron chi connectivity index (χ1n) is 14.6. The van der Waals surface area contributed by atoms with Crippen LogP contribution < -0.4 is 10.1 Å². The summed E-state index contributed by atoms with van der Waals surface area (Å²) in [6, 6.07) is 14.3. The second kappa shape index (κ2) is 17.4. The predicted molar refractivity (Wildman–Crippen MR) is 156 cm³/mol. The van der Waals surface area contributed by atoms with Gasteiger partial charge in [-0.05, 0) is 81.5 Å². The fourth-order valence-corrected chi connectivity index (χ4v) is 4.90. The molecule has 2 aliphatic rings. The maximum Gasteiger partial charge on any atom is 0.414 e. The Morgan fingerprint density at radius 2 is 1.56 bits per heavy atom. The number of likely N-dealkylation sites (tertiary alicyclic amines) is 1. The maximum atomic E-state index is 13.5. The number of ether oxygens (including phenoxy) is 3. The number of carboxylic acid groups (broad SMARTS) is 2. The van der Waals surface area contributed by atoms with Crippen LogP contribution in [0.1, 0.15) is 50.7 Å². The maximum absolute atomic E-state index is 13.5. The Morgan fingerprint density at radius 3 is 2.12 bits per heavy atom. The van der Waals surface area contributed by atoms with Crippen molar-refractivity contribution in [3.63, 3.8) is 0 Å². The number of piperidine rings is 1. The lowest BCUT2D eigenvalue weighted by Crippen LogP contribution is -2.50. The van der Waals surface area contributed by atoms with E-state index in [9.17, 15) is 9.18 Å². The van der Waals surface area contributed by atoms with E-state index < -0.39 is 11.9 Å². The molecule has 3 N–H and O–H groups in total. The summed E-state index contributed by atoms with van der Waals surface area (Å²) in [7, 11) is 0. The highest BCUT2D eigenvalue weighted by molar-refractivity contribution is 6.27. The summed E-state index contributed by atoms with van der Waals surface area (Å²) < 4.78 is 30.2. The van der Waals surface area contributed by atoms with Crippen LogP contribution in [-0.2, 0) is 32.2 Å². The average Bonchev–Trinajstić information content (AvgIpc) is 3.50. The molecular formula is C31H42FN3O8. The number of carbonyl (C=O) groups excluding carboxylic acids is 1. The summed E-state index contributed by atoms with van der Waals surface area (Å²) in [6.07, 6.45) is 3.84. The fourth-order valence-electron chi connectivity index (χ4n) is 4.90. The van der Waals surface area contributed by atoms with Crippen LogP contribution in [0.4, 0.5) is 9.18 Å². The predicted octanol–water partition coefficient (Wildman–Crippen LogP) is 4.10. The fraction of sp³-hybridized carbons (Fsp3) is 0.516. The Kier molecular flexibility index (Phi) is 13.7. The quantitative estimate of drug-likeness (QED) is 0.324. The first-order chi connectivity index (χ1) is 20.6. The van der Waals surface area contributed by atoms with Crippen LogP contribution in [0.25, 0.3) is 0 Å². The van der Waals surface area contributed by atoms with Crippen molar-refractivity contribution in [1.29, 1.82) is 0 Å². The van der Waals surface area contributed by atoms with Crippen molar-refractivity contribution in [2.45, 2.75) is 71.1 Å². The number of halogens is 1. The van der Waals surface area contributed by atoms with Gasteiger partial charge in [-0.3, -0.25) is 0 Å². The molecule has 2 saturated heterocycles. The number of aliphatic carboxylic acids is 2. The molecule has 0 saturated carbocycles. The van der Waals surface area contributed by atoms with E-state index in [1.165, 1.54) is 12.1 Å². The molecule has 2 fully saturated rings. The minimum atomic E-state index is -1.82. The molecular weight excluding hydrogens is 561 g/mol. The van der Waals surface area contributed by atoms with Crippen molar-refractivity contribution in [2.24, 2.45) is 0 Å². The van der Waals surface area contributed by atoms with Gasteiger partial charge in [0.25, 0.3) is 0 Å². The number of amides is 2. The van der Waals surface area contributed by atoms with Gasteiger partial charge in [0, 0.05) is 32.2 Å². The summed E-state index contributed by atoms with van der Waals surface area (Å²) in [4.78, 5) is 36.0. The van der Waals surface area contributed by atoms with Crippen LogP contribution in [0.3, 0.4) is 0 Å². The minimum absolute atomic E-state index is 0.0497. The van der Waals surface area contributed by atoms with E-state index in [-0.39, 0.29) is 30.3 Å². The molecule has 0 bridgehead atoms. The standard InChI is InChI=1S/C29H40FN3O4.C2H2O4/c1-22(2)37-27-11-7-23(8-12-27)20-31-29(34)33(21-24-5-9-25(30)10-6-24)26-13-16-32(17-14-26)15-3-4-28-35-18-19-36-28;3-1(4)2(5)6/h5-12,22,26,28H,3-4,13-21H2,1-2H3,(H,31,34);(H,3,4)(H,5,6). The van der Waals surface area contributed by atoms with E-state index in [0.29, 0.717) is 26.3 Å². The lowest BCUT2D eigenvalue weighted by atomic mass is 10.0. The zero-order chi connectivity index (χ0) is 31.2. The third-order valence-corrected chi connectivity index (χ3v) is 7.05. The van der Waals surface area contributed by atoms with Crippen LogP contribution in [0.2, 0.25) is 0 Å². The summed E-state index contributed by atoms with van der Waals surface area (Å²) >= 11 is 0. The molecule has 2 aliphatic heterocycles. The van der Waals surface area contributed by atoms with Gasteiger partial charge < -0.3 is 39.5 Å². The van der Waals surface area contributed by atoms with Crippen LogP contribution in [0, 0.1) is 5.82 Å². The average molecular weight is 604 g/mol. The van der Waals surface area contributed by atoms with Gasteiger partial charge in [-0.2, -0.15) is 0 Å². The van der Waals surface area contributed by atoms with Gasteiger partial charge in [0.1, 0.15) is 11.6 Å². The molecule has 12 heteroatoms. The molecule has 2 aromatic rings. The number of hydrogen-bond donors (Lipinski definition) is 3. The van der Waals surface area contributed by atoms with Crippen LogP contribution in [0.5, 0.6) is 5.75 Å². The molecule has 4 rings (SSSR count). The van der Waals surface area contributed by atoms with Gasteiger partial charge in [-0.25, -0.2) is 18.8 Å². The highest BCUT2D eigenvalue weighted by Gasteiger charge is 2.28. The number of hydrogen-bond acceptors (Lipinski definition) is 7.